The van der Waals surface area contributed by atoms with Crippen LogP contribution in [-0.2, 0) is 16.1 Å². The molecule has 2 rings (SSSR count). The van der Waals surface area contributed by atoms with E-state index in [0.717, 1.165) is 24.9 Å². The van der Waals surface area contributed by atoms with Crippen molar-refractivity contribution >= 4 is 11.8 Å². The molecule has 1 aliphatic rings. The van der Waals surface area contributed by atoms with E-state index in [2.05, 4.69) is 5.32 Å². The molecule has 1 aromatic carbocycles. The molecule has 1 aliphatic heterocycles. The molecule has 0 aromatic heterocycles. The summed E-state index contributed by atoms with van der Waals surface area (Å²) in [6.45, 7) is 3.03. The van der Waals surface area contributed by atoms with Gasteiger partial charge in [-0.15, -0.1) is 0 Å². The normalized spacial score (nSPS) is 18.0. The van der Waals surface area contributed by atoms with E-state index in [9.17, 15) is 14.0 Å². The lowest BCUT2D eigenvalue weighted by Crippen LogP contribution is -2.46. The molecule has 0 aliphatic carbocycles. The highest BCUT2D eigenvalue weighted by atomic mass is 19.1. The summed E-state index contributed by atoms with van der Waals surface area (Å²) < 4.78 is 13.2. The summed E-state index contributed by atoms with van der Waals surface area (Å²) in [5.41, 5.74) is 1.42. The van der Waals surface area contributed by atoms with Crippen LogP contribution in [0.25, 0.3) is 0 Å². The van der Waals surface area contributed by atoms with E-state index in [0.29, 0.717) is 12.1 Å². The van der Waals surface area contributed by atoms with Crippen LogP contribution in [-0.4, -0.2) is 54.8 Å². The van der Waals surface area contributed by atoms with Crippen LogP contribution in [0.15, 0.2) is 18.2 Å². The molecule has 1 heterocycles. The highest BCUT2D eigenvalue weighted by molar-refractivity contribution is 5.83. The zero-order valence-corrected chi connectivity index (χ0v) is 13.9. The number of aryl methyl sites for hydroxylation is 1. The van der Waals surface area contributed by atoms with Crippen molar-refractivity contribution in [2.75, 3.05) is 27.2 Å². The van der Waals surface area contributed by atoms with Crippen LogP contribution in [0.5, 0.6) is 0 Å². The number of likely N-dealkylation sites (N-methyl/N-ethyl adjacent to an activating group) is 1. The average molecular weight is 321 g/mol. The van der Waals surface area contributed by atoms with Crippen molar-refractivity contribution in [3.63, 3.8) is 0 Å². The number of likely N-dealkylation sites (tertiary alicyclic amines) is 1. The largest absolute Gasteiger partial charge is 0.351 e. The number of benzene rings is 1. The van der Waals surface area contributed by atoms with Crippen LogP contribution in [0, 0.1) is 12.7 Å². The molecule has 1 saturated heterocycles. The fraction of sp³-hybridized carbons (Fsp3) is 0.529. The number of halogens is 1. The lowest BCUT2D eigenvalue weighted by Gasteiger charge is -2.25. The minimum absolute atomic E-state index is 0.0458. The third-order valence-corrected chi connectivity index (χ3v) is 4.15. The lowest BCUT2D eigenvalue weighted by molar-refractivity contribution is -0.134. The van der Waals surface area contributed by atoms with E-state index in [1.807, 2.05) is 4.90 Å². The molecular weight excluding hydrogens is 297 g/mol. The number of nitrogens with zero attached hydrogens (tertiary/aromatic N) is 2. The van der Waals surface area contributed by atoms with Crippen molar-refractivity contribution in [3.8, 4) is 0 Å². The molecule has 1 aromatic rings. The molecule has 0 bridgehead atoms. The number of carbonyl (C=O) groups is 2. The monoisotopic (exact) mass is 321 g/mol. The van der Waals surface area contributed by atoms with E-state index in [1.54, 1.807) is 38.1 Å². The maximum atomic E-state index is 13.2. The van der Waals surface area contributed by atoms with E-state index in [4.69, 9.17) is 0 Å². The van der Waals surface area contributed by atoms with Crippen LogP contribution in [0.4, 0.5) is 4.39 Å². The van der Waals surface area contributed by atoms with Gasteiger partial charge in [0, 0.05) is 20.6 Å². The van der Waals surface area contributed by atoms with Gasteiger partial charge < -0.3 is 10.2 Å². The number of amides is 2. The summed E-state index contributed by atoms with van der Waals surface area (Å²) in [6, 6.07) is 4.59. The van der Waals surface area contributed by atoms with E-state index >= 15 is 0 Å². The van der Waals surface area contributed by atoms with Crippen molar-refractivity contribution in [2.45, 2.75) is 32.4 Å². The molecule has 23 heavy (non-hydrogen) atoms. The minimum Gasteiger partial charge on any atom is -0.351 e. The molecule has 1 fully saturated rings. The molecule has 6 heteroatoms. The standard InChI is InChI=1S/C17H24FN3O2/c1-12-9-13(6-7-14(12)18)10-19-16(22)11-21-8-4-5-15(21)17(23)20(2)3/h6-7,9,15H,4-5,8,10-11H2,1-3H3,(H,19,22). The predicted octanol–water partition coefficient (Wildman–Crippen LogP) is 1.30. The Morgan fingerprint density at radius 1 is 1.39 bits per heavy atom. The summed E-state index contributed by atoms with van der Waals surface area (Å²) >= 11 is 0. The number of carbonyl (C=O) groups excluding carboxylic acids is 2. The molecular formula is C17H24FN3O2. The van der Waals surface area contributed by atoms with Crippen molar-refractivity contribution < 1.29 is 14.0 Å². The Labute approximate surface area is 136 Å². The van der Waals surface area contributed by atoms with E-state index in [-0.39, 0.29) is 30.2 Å². The van der Waals surface area contributed by atoms with Gasteiger partial charge in [0.05, 0.1) is 12.6 Å². The summed E-state index contributed by atoms with van der Waals surface area (Å²) in [7, 11) is 3.46. The maximum absolute atomic E-state index is 13.2. The highest BCUT2D eigenvalue weighted by Crippen LogP contribution is 2.18. The van der Waals surface area contributed by atoms with Crippen LogP contribution < -0.4 is 5.32 Å². The summed E-state index contributed by atoms with van der Waals surface area (Å²) in [5.74, 6) is -0.322. The van der Waals surface area contributed by atoms with Crippen LogP contribution >= 0.6 is 0 Å². The average Bonchev–Trinajstić information content (AvgIpc) is 2.95. The Morgan fingerprint density at radius 2 is 2.13 bits per heavy atom. The first-order valence-corrected chi connectivity index (χ1v) is 7.85. The van der Waals surface area contributed by atoms with Gasteiger partial charge in [-0.05, 0) is 43.5 Å². The Bertz CT molecular complexity index is 589. The number of rotatable bonds is 5. The number of nitrogens with one attached hydrogen (secondary N) is 1. The minimum atomic E-state index is -0.248. The van der Waals surface area contributed by atoms with Crippen LogP contribution in [0.3, 0.4) is 0 Å². The molecule has 0 radical (unpaired) electrons. The number of hydrogen-bond donors (Lipinski definition) is 1. The second kappa shape index (κ2) is 7.55. The van der Waals surface area contributed by atoms with Crippen molar-refractivity contribution in [3.05, 3.63) is 35.1 Å². The van der Waals surface area contributed by atoms with Gasteiger partial charge >= 0.3 is 0 Å². The van der Waals surface area contributed by atoms with Crippen LogP contribution in [0.1, 0.15) is 24.0 Å². The maximum Gasteiger partial charge on any atom is 0.239 e. The topological polar surface area (TPSA) is 52.7 Å². The van der Waals surface area contributed by atoms with Gasteiger partial charge in [0.25, 0.3) is 0 Å². The highest BCUT2D eigenvalue weighted by Gasteiger charge is 2.32. The smallest absolute Gasteiger partial charge is 0.239 e. The fourth-order valence-corrected chi connectivity index (χ4v) is 2.85. The Kier molecular flexibility index (Phi) is 5.71. The first-order chi connectivity index (χ1) is 10.9. The zero-order valence-electron chi connectivity index (χ0n) is 13.9. The van der Waals surface area contributed by atoms with Gasteiger partial charge in [-0.3, -0.25) is 14.5 Å². The predicted molar refractivity (Wildman–Crippen MR) is 86.3 cm³/mol. The van der Waals surface area contributed by atoms with Crippen molar-refractivity contribution in [1.82, 2.24) is 15.1 Å². The first-order valence-electron chi connectivity index (χ1n) is 7.85. The summed E-state index contributed by atoms with van der Waals surface area (Å²) in [4.78, 5) is 27.7. The molecule has 2 amide bonds. The third-order valence-electron chi connectivity index (χ3n) is 4.15. The Balaban J connectivity index is 1.86. The fourth-order valence-electron chi connectivity index (χ4n) is 2.85. The van der Waals surface area contributed by atoms with Crippen molar-refractivity contribution in [2.24, 2.45) is 0 Å². The molecule has 0 saturated carbocycles. The molecule has 0 spiro atoms. The molecule has 126 valence electrons. The lowest BCUT2D eigenvalue weighted by atomic mass is 10.1. The van der Waals surface area contributed by atoms with Gasteiger partial charge in [-0.1, -0.05) is 12.1 Å². The summed E-state index contributed by atoms with van der Waals surface area (Å²) in [5, 5.41) is 2.83. The van der Waals surface area contributed by atoms with Gasteiger partial charge in [0.1, 0.15) is 5.82 Å². The molecule has 5 nitrogen and oxygen atoms in total. The van der Waals surface area contributed by atoms with E-state index < -0.39 is 0 Å². The second-order valence-corrected chi connectivity index (χ2v) is 6.22. The zero-order chi connectivity index (χ0) is 17.0. The van der Waals surface area contributed by atoms with Crippen molar-refractivity contribution in [1.29, 1.82) is 0 Å². The Hall–Kier alpha value is -1.95. The summed E-state index contributed by atoms with van der Waals surface area (Å²) in [6.07, 6.45) is 1.72. The second-order valence-electron chi connectivity index (χ2n) is 6.22. The van der Waals surface area contributed by atoms with Gasteiger partial charge in [-0.25, -0.2) is 4.39 Å². The molecule has 1 N–H and O–H groups in total. The Morgan fingerprint density at radius 3 is 2.78 bits per heavy atom. The number of hydrogen-bond acceptors (Lipinski definition) is 3. The van der Waals surface area contributed by atoms with E-state index in [1.165, 1.54) is 6.07 Å². The van der Waals surface area contributed by atoms with Gasteiger partial charge in [-0.2, -0.15) is 0 Å². The van der Waals surface area contributed by atoms with Crippen LogP contribution in [0.2, 0.25) is 0 Å². The first kappa shape index (κ1) is 17.4. The molecule has 1 atom stereocenters. The quantitative estimate of drug-likeness (QED) is 0.889. The van der Waals surface area contributed by atoms with Gasteiger partial charge in [0.2, 0.25) is 11.8 Å². The SMILES string of the molecule is Cc1cc(CNC(=O)CN2CCCC2C(=O)N(C)C)ccc1F. The third kappa shape index (κ3) is 4.51. The van der Waals surface area contributed by atoms with Gasteiger partial charge in [0.15, 0.2) is 0 Å². The molecule has 1 unspecified atom stereocenters.